The summed E-state index contributed by atoms with van der Waals surface area (Å²) in [5, 5.41) is 0. The van der Waals surface area contributed by atoms with Gasteiger partial charge >= 0.3 is 0 Å². The third-order valence-electron chi connectivity index (χ3n) is 3.50. The summed E-state index contributed by atoms with van der Waals surface area (Å²) in [5.41, 5.74) is 1.62. The number of amides is 1. The smallest absolute Gasteiger partial charge is 0.263 e. The molecule has 0 fully saturated rings. The Balaban J connectivity index is 2.03. The van der Waals surface area contributed by atoms with Gasteiger partial charge in [-0.1, -0.05) is 12.1 Å². The molecule has 0 saturated heterocycles. The average molecular weight is 282 g/mol. The summed E-state index contributed by atoms with van der Waals surface area (Å²) in [6.07, 6.45) is 1.90. The monoisotopic (exact) mass is 282 g/mol. The summed E-state index contributed by atoms with van der Waals surface area (Å²) in [7, 11) is 1.48. The molecule has 0 spiro atoms. The van der Waals surface area contributed by atoms with Gasteiger partial charge in [-0.2, -0.15) is 0 Å². The molecule has 1 aromatic carbocycles. The fraction of sp³-hybridized carbons (Fsp3) is 0.188. The Bertz CT molecular complexity index is 712. The lowest BCUT2D eigenvalue weighted by Gasteiger charge is -2.28. The maximum atomic E-state index is 12.7. The third kappa shape index (κ3) is 2.27. The zero-order chi connectivity index (χ0) is 14.8. The molecule has 5 nitrogen and oxygen atoms in total. The Morgan fingerprint density at radius 3 is 2.86 bits per heavy atom. The molecular formula is C16H14N2O3. The number of benzene rings is 1. The number of para-hydroxylation sites is 1. The van der Waals surface area contributed by atoms with Crippen LogP contribution in [0.2, 0.25) is 0 Å². The number of rotatable bonds is 2. The molecule has 2 heterocycles. The third-order valence-corrected chi connectivity index (χ3v) is 3.50. The topological polar surface area (TPSA) is 59.5 Å². The highest BCUT2D eigenvalue weighted by Crippen LogP contribution is 2.29. The largest absolute Gasteiger partial charge is 0.480 e. The molecule has 1 aliphatic rings. The highest BCUT2D eigenvalue weighted by atomic mass is 16.5. The quantitative estimate of drug-likeness (QED) is 0.848. The first-order valence-corrected chi connectivity index (χ1v) is 6.65. The second-order valence-corrected chi connectivity index (χ2v) is 4.71. The maximum Gasteiger partial charge on any atom is 0.263 e. The van der Waals surface area contributed by atoms with Gasteiger partial charge < -0.3 is 9.64 Å². The summed E-state index contributed by atoms with van der Waals surface area (Å²) in [6, 6.07) is 10.5. The minimum Gasteiger partial charge on any atom is -0.480 e. The van der Waals surface area contributed by atoms with Gasteiger partial charge in [0.05, 0.1) is 12.8 Å². The van der Waals surface area contributed by atoms with E-state index in [1.165, 1.54) is 7.11 Å². The van der Waals surface area contributed by atoms with Crippen molar-refractivity contribution in [2.45, 2.75) is 6.42 Å². The molecule has 0 aliphatic carbocycles. The highest BCUT2D eigenvalue weighted by molar-refractivity contribution is 6.14. The Labute approximate surface area is 122 Å². The summed E-state index contributed by atoms with van der Waals surface area (Å²) in [6.45, 7) is 0.368. The van der Waals surface area contributed by atoms with E-state index in [4.69, 9.17) is 4.74 Å². The first-order chi connectivity index (χ1) is 10.2. The molecule has 2 aromatic rings. The second-order valence-electron chi connectivity index (χ2n) is 4.71. The van der Waals surface area contributed by atoms with Crippen LogP contribution in [0.1, 0.15) is 27.1 Å². The van der Waals surface area contributed by atoms with Crippen molar-refractivity contribution in [1.29, 1.82) is 0 Å². The van der Waals surface area contributed by atoms with Crippen LogP contribution >= 0.6 is 0 Å². The Kier molecular flexibility index (Phi) is 3.39. The summed E-state index contributed by atoms with van der Waals surface area (Å²) < 4.78 is 5.14. The Morgan fingerprint density at radius 2 is 2.05 bits per heavy atom. The molecule has 1 aromatic heterocycles. The first-order valence-electron chi connectivity index (χ1n) is 6.65. The fourth-order valence-corrected chi connectivity index (χ4v) is 2.49. The summed E-state index contributed by atoms with van der Waals surface area (Å²) in [4.78, 5) is 30.3. The van der Waals surface area contributed by atoms with Gasteiger partial charge in [0.2, 0.25) is 5.88 Å². The SMILES string of the molecule is COc1ncccc1C(=O)N1CCC(=O)c2ccccc21. The molecule has 0 unspecified atom stereocenters. The van der Waals surface area contributed by atoms with Crippen LogP contribution in [0.15, 0.2) is 42.6 Å². The maximum absolute atomic E-state index is 12.7. The van der Waals surface area contributed by atoms with Gasteiger partial charge in [-0.3, -0.25) is 9.59 Å². The molecule has 0 radical (unpaired) electrons. The van der Waals surface area contributed by atoms with E-state index in [0.29, 0.717) is 29.8 Å². The lowest BCUT2D eigenvalue weighted by atomic mass is 9.99. The van der Waals surface area contributed by atoms with Crippen molar-refractivity contribution in [3.8, 4) is 5.88 Å². The molecule has 0 N–H and O–H groups in total. The van der Waals surface area contributed by atoms with E-state index >= 15 is 0 Å². The van der Waals surface area contributed by atoms with Crippen molar-refractivity contribution in [3.05, 3.63) is 53.7 Å². The van der Waals surface area contributed by atoms with Crippen LogP contribution in [0.4, 0.5) is 5.69 Å². The molecule has 0 saturated carbocycles. The van der Waals surface area contributed by atoms with E-state index in [9.17, 15) is 9.59 Å². The molecule has 0 bridgehead atoms. The minimum atomic E-state index is -0.208. The number of carbonyl (C=O) groups excluding carboxylic acids is 2. The lowest BCUT2D eigenvalue weighted by Crippen LogP contribution is -2.37. The molecular weight excluding hydrogens is 268 g/mol. The summed E-state index contributed by atoms with van der Waals surface area (Å²) in [5.74, 6) is 0.143. The van der Waals surface area contributed by atoms with Gasteiger partial charge in [-0.25, -0.2) is 4.98 Å². The standard InChI is InChI=1S/C16H14N2O3/c1-21-15-12(6-4-9-17-15)16(20)18-10-8-14(19)11-5-2-3-7-13(11)18/h2-7,9H,8,10H2,1H3. The minimum absolute atomic E-state index is 0.0628. The molecule has 21 heavy (non-hydrogen) atoms. The van der Waals surface area contributed by atoms with Gasteiger partial charge in [0.25, 0.3) is 5.91 Å². The van der Waals surface area contributed by atoms with Crippen LogP contribution in [0, 0.1) is 0 Å². The predicted octanol–water partition coefficient (Wildman–Crippen LogP) is 2.32. The number of carbonyl (C=O) groups is 2. The van der Waals surface area contributed by atoms with Crippen LogP contribution in [-0.4, -0.2) is 30.3 Å². The van der Waals surface area contributed by atoms with Crippen molar-refractivity contribution in [2.24, 2.45) is 0 Å². The van der Waals surface area contributed by atoms with Crippen molar-refractivity contribution in [2.75, 3.05) is 18.6 Å². The van der Waals surface area contributed by atoms with Crippen molar-refractivity contribution < 1.29 is 14.3 Å². The fourth-order valence-electron chi connectivity index (χ4n) is 2.49. The van der Waals surface area contributed by atoms with Crippen molar-refractivity contribution in [1.82, 2.24) is 4.98 Å². The Morgan fingerprint density at radius 1 is 1.24 bits per heavy atom. The van der Waals surface area contributed by atoms with E-state index < -0.39 is 0 Å². The normalized spacial score (nSPS) is 13.8. The number of hydrogen-bond acceptors (Lipinski definition) is 4. The number of methoxy groups -OCH3 is 1. The second kappa shape index (κ2) is 5.36. The first kappa shape index (κ1) is 13.3. The number of ether oxygens (including phenoxy) is 1. The van der Waals surface area contributed by atoms with Gasteiger partial charge in [0.1, 0.15) is 5.56 Å². The van der Waals surface area contributed by atoms with Crippen LogP contribution in [-0.2, 0) is 0 Å². The van der Waals surface area contributed by atoms with E-state index in [2.05, 4.69) is 4.98 Å². The van der Waals surface area contributed by atoms with Gasteiger partial charge in [0, 0.05) is 24.7 Å². The van der Waals surface area contributed by atoms with Crippen LogP contribution in [0.3, 0.4) is 0 Å². The molecule has 1 amide bonds. The number of nitrogens with zero attached hydrogens (tertiary/aromatic N) is 2. The molecule has 1 aliphatic heterocycles. The zero-order valence-corrected chi connectivity index (χ0v) is 11.6. The molecule has 0 atom stereocenters. The molecule has 5 heteroatoms. The number of anilines is 1. The summed E-state index contributed by atoms with van der Waals surface area (Å²) >= 11 is 0. The van der Waals surface area contributed by atoms with Gasteiger partial charge in [-0.15, -0.1) is 0 Å². The number of aromatic nitrogens is 1. The van der Waals surface area contributed by atoms with Crippen LogP contribution in [0.25, 0.3) is 0 Å². The number of pyridine rings is 1. The highest BCUT2D eigenvalue weighted by Gasteiger charge is 2.29. The van der Waals surface area contributed by atoms with Crippen LogP contribution < -0.4 is 9.64 Å². The average Bonchev–Trinajstić information content (AvgIpc) is 2.55. The molecule has 3 rings (SSSR count). The van der Waals surface area contributed by atoms with Crippen molar-refractivity contribution >= 4 is 17.4 Å². The lowest BCUT2D eigenvalue weighted by molar-refractivity contribution is 0.0953. The Hall–Kier alpha value is -2.69. The van der Waals surface area contributed by atoms with Gasteiger partial charge in [-0.05, 0) is 24.3 Å². The van der Waals surface area contributed by atoms with E-state index in [1.807, 2.05) is 6.07 Å². The van der Waals surface area contributed by atoms with E-state index in [1.54, 1.807) is 41.4 Å². The number of fused-ring (bicyclic) bond motifs is 1. The van der Waals surface area contributed by atoms with E-state index in [0.717, 1.165) is 0 Å². The van der Waals surface area contributed by atoms with Gasteiger partial charge in [0.15, 0.2) is 5.78 Å². The molecule has 106 valence electrons. The van der Waals surface area contributed by atoms with E-state index in [-0.39, 0.29) is 17.6 Å². The predicted molar refractivity (Wildman–Crippen MR) is 77.9 cm³/mol. The number of hydrogen-bond donors (Lipinski definition) is 0. The zero-order valence-electron chi connectivity index (χ0n) is 11.6. The number of ketones is 1. The van der Waals surface area contributed by atoms with Crippen LogP contribution in [0.5, 0.6) is 5.88 Å². The van der Waals surface area contributed by atoms with Crippen molar-refractivity contribution in [3.63, 3.8) is 0 Å². The number of Topliss-reactive ketones (excluding diaryl/α,β-unsaturated/α-hetero) is 1.